The van der Waals surface area contributed by atoms with Crippen LogP contribution in [-0.2, 0) is 57.7 Å². The van der Waals surface area contributed by atoms with Gasteiger partial charge in [-0.1, -0.05) is 98.8 Å². The van der Waals surface area contributed by atoms with E-state index < -0.39 is 108 Å². The van der Waals surface area contributed by atoms with E-state index >= 15 is 0 Å². The van der Waals surface area contributed by atoms with E-state index in [0.717, 1.165) is 11.1 Å². The number of hydrogen-bond donors (Lipinski definition) is 8. The lowest BCUT2D eigenvalue weighted by molar-refractivity contribution is -0.143. The summed E-state index contributed by atoms with van der Waals surface area (Å²) in [6.45, 7) is 9.01. The third kappa shape index (κ3) is 13.9. The average molecular weight is 1040 g/mol. The molecule has 75 heavy (non-hydrogen) atoms. The Morgan fingerprint density at radius 3 is 1.76 bits per heavy atom. The lowest BCUT2D eigenvalue weighted by Gasteiger charge is -2.31. The summed E-state index contributed by atoms with van der Waals surface area (Å²) in [6.07, 6.45) is 2.01. The predicted octanol–water partition coefficient (Wildman–Crippen LogP) is -1.25. The number of amides is 8. The first kappa shape index (κ1) is 55.4. The van der Waals surface area contributed by atoms with Crippen molar-refractivity contribution in [3.63, 3.8) is 0 Å². The van der Waals surface area contributed by atoms with Gasteiger partial charge in [-0.3, -0.25) is 43.4 Å². The predicted molar refractivity (Wildman–Crippen MR) is 273 cm³/mol. The molecule has 7 rings (SSSR count). The van der Waals surface area contributed by atoms with Gasteiger partial charge in [0, 0.05) is 45.3 Å². The zero-order valence-corrected chi connectivity index (χ0v) is 43.7. The van der Waals surface area contributed by atoms with E-state index in [4.69, 9.17) is 0 Å². The minimum Gasteiger partial charge on any atom is -0.352 e. The van der Waals surface area contributed by atoms with Crippen molar-refractivity contribution in [1.82, 2.24) is 72.3 Å². The monoisotopic (exact) mass is 1040 g/mol. The van der Waals surface area contributed by atoms with Gasteiger partial charge in [0.05, 0.1) is 44.0 Å². The van der Waals surface area contributed by atoms with Gasteiger partial charge in [-0.25, -0.2) is 4.68 Å². The summed E-state index contributed by atoms with van der Waals surface area (Å²) in [7, 11) is 3.25. The topological polar surface area (TPSA) is 298 Å². The first-order chi connectivity index (χ1) is 35.9. The van der Waals surface area contributed by atoms with Crippen LogP contribution in [0.15, 0.2) is 77.2 Å². The molecule has 10 unspecified atom stereocenters. The normalized spacial score (nSPS) is 24.7. The van der Waals surface area contributed by atoms with Crippen LogP contribution in [0.1, 0.15) is 70.3 Å². The number of nitrogens with one attached hydrogen (secondary N) is 8. The summed E-state index contributed by atoms with van der Waals surface area (Å²) in [5.74, 6) is -4.67. The maximum absolute atomic E-state index is 14.7. The zero-order valence-electron chi connectivity index (χ0n) is 43.7. The van der Waals surface area contributed by atoms with Gasteiger partial charge >= 0.3 is 0 Å². The summed E-state index contributed by atoms with van der Waals surface area (Å²) < 4.78 is 1.53. The number of aromatic nitrogens is 3. The maximum atomic E-state index is 14.7. The summed E-state index contributed by atoms with van der Waals surface area (Å²) in [5, 5.41) is 42.5. The van der Waals surface area contributed by atoms with Gasteiger partial charge in [-0.05, 0) is 44.0 Å². The van der Waals surface area contributed by atoms with Crippen molar-refractivity contribution in [2.24, 2.45) is 22.2 Å². The molecule has 8 N–H and O–H groups in total. The average Bonchev–Trinajstić information content (AvgIpc) is 4.24. The Morgan fingerprint density at radius 1 is 0.680 bits per heavy atom. The fourth-order valence-electron chi connectivity index (χ4n) is 9.82. The fourth-order valence-corrected chi connectivity index (χ4v) is 9.82. The Hall–Kier alpha value is -7.34. The number of nitrogens with zero attached hydrogens (tertiary/aromatic N) is 8. The first-order valence-corrected chi connectivity index (χ1v) is 25.8. The number of carbonyl (C=O) groups excluding carboxylic acids is 8. The van der Waals surface area contributed by atoms with E-state index in [9.17, 15) is 38.4 Å². The Labute approximate surface area is 436 Å². The van der Waals surface area contributed by atoms with Crippen LogP contribution in [0, 0.1) is 11.8 Å². The molecule has 0 aliphatic carbocycles. The molecule has 0 saturated carbocycles. The maximum Gasteiger partial charge on any atom is 0.246 e. The van der Waals surface area contributed by atoms with Crippen molar-refractivity contribution >= 4 is 47.3 Å². The van der Waals surface area contributed by atoms with E-state index in [1.54, 1.807) is 59.9 Å². The zero-order chi connectivity index (χ0) is 53.9. The number of likely N-dealkylation sites (tertiary alicyclic amines) is 2. The molecule has 404 valence electrons. The van der Waals surface area contributed by atoms with Crippen LogP contribution in [0.25, 0.3) is 0 Å². The Bertz CT molecular complexity index is 2540. The van der Waals surface area contributed by atoms with Gasteiger partial charge in [0.1, 0.15) is 48.0 Å². The van der Waals surface area contributed by atoms with Crippen molar-refractivity contribution in [2.75, 3.05) is 46.8 Å². The number of hydrogen-bond acceptors (Lipinski definition) is 15. The van der Waals surface area contributed by atoms with Crippen molar-refractivity contribution in [3.8, 4) is 0 Å². The van der Waals surface area contributed by atoms with Crippen LogP contribution >= 0.6 is 0 Å². The molecular weight excluding hydrogens is 965 g/mol. The van der Waals surface area contributed by atoms with Crippen molar-refractivity contribution in [2.45, 2.75) is 127 Å². The standard InChI is InChI=1S/C51H72N16O8/c1-29(2)43(58-42(68)24-52-6)50(74)64-27-36-20-40(64)48(72)56-38(18-32-14-10-8-11-15-32)46(70)54-23-35-26-67(63-61-35)37-21-41(65(28-37)51(75)44(30(3)4)59-45(69)31(5)53-7)49(73)57-39(19-33-16-12-9-13-17-33)47(71)55-22-34-25-66(36)62-60-34/h8-17,26,29-31,34,36-41,43-44,52-53H,18-25,27-28H2,1-7H3,(H,54,70)(H,55,71)(H,56,72)(H,57,73)(H,58,68)(H,59,69). The van der Waals surface area contributed by atoms with E-state index in [-0.39, 0.29) is 76.8 Å². The molecule has 0 spiro atoms. The second-order valence-electron chi connectivity index (χ2n) is 20.5. The summed E-state index contributed by atoms with van der Waals surface area (Å²) in [6, 6.07) is 9.69. The summed E-state index contributed by atoms with van der Waals surface area (Å²) in [5.41, 5.74) is 1.87. The third-order valence-corrected chi connectivity index (χ3v) is 14.2. The van der Waals surface area contributed by atoms with E-state index in [1.807, 2.05) is 60.7 Å². The van der Waals surface area contributed by atoms with Crippen molar-refractivity contribution in [1.29, 1.82) is 0 Å². The molecule has 10 atom stereocenters. The molecule has 1 aromatic heterocycles. The second kappa shape index (κ2) is 25.3. The number of fused-ring (bicyclic) bond motifs is 10. The van der Waals surface area contributed by atoms with Crippen LogP contribution in [0.2, 0.25) is 0 Å². The molecule has 2 aromatic carbocycles. The molecule has 2 saturated heterocycles. The summed E-state index contributed by atoms with van der Waals surface area (Å²) in [4.78, 5) is 116. The summed E-state index contributed by atoms with van der Waals surface area (Å²) >= 11 is 0. The highest BCUT2D eigenvalue weighted by Gasteiger charge is 2.48. The molecule has 24 heteroatoms. The molecule has 4 aliphatic heterocycles. The molecule has 0 radical (unpaired) electrons. The quantitative estimate of drug-likeness (QED) is 0.0938. The van der Waals surface area contributed by atoms with Crippen molar-refractivity contribution in [3.05, 3.63) is 83.7 Å². The van der Waals surface area contributed by atoms with Gasteiger partial charge in [0.2, 0.25) is 47.3 Å². The van der Waals surface area contributed by atoms with E-state index in [2.05, 4.69) is 63.2 Å². The Kier molecular flexibility index (Phi) is 18.7. The van der Waals surface area contributed by atoms with Gasteiger partial charge < -0.3 is 52.3 Å². The van der Waals surface area contributed by atoms with Gasteiger partial charge in [-0.2, -0.15) is 5.11 Å². The smallest absolute Gasteiger partial charge is 0.246 e. The molecule has 8 bridgehead atoms. The number of carbonyl (C=O) groups is 8. The Balaban J connectivity index is 1.22. The lowest BCUT2D eigenvalue weighted by atomic mass is 10.0. The molecular formula is C51H72N16O8. The number of benzene rings is 2. The van der Waals surface area contributed by atoms with Crippen molar-refractivity contribution < 1.29 is 38.4 Å². The van der Waals surface area contributed by atoms with E-state index in [1.165, 1.54) is 14.5 Å². The highest BCUT2D eigenvalue weighted by atomic mass is 16.2. The minimum atomic E-state index is -1.11. The number of rotatable bonds is 14. The molecule has 24 nitrogen and oxygen atoms in total. The first-order valence-electron chi connectivity index (χ1n) is 25.8. The van der Waals surface area contributed by atoms with Gasteiger partial charge in [0.15, 0.2) is 0 Å². The molecule has 8 amide bonds. The number of likely N-dealkylation sites (N-methyl/N-ethyl adjacent to an activating group) is 2. The molecule has 2 fully saturated rings. The van der Waals surface area contributed by atoms with Gasteiger partial charge in [0.25, 0.3) is 0 Å². The largest absolute Gasteiger partial charge is 0.352 e. The van der Waals surface area contributed by atoms with Crippen LogP contribution in [-0.4, -0.2) is 178 Å². The van der Waals surface area contributed by atoms with Crippen LogP contribution in [0.3, 0.4) is 0 Å². The highest BCUT2D eigenvalue weighted by Crippen LogP contribution is 2.30. The lowest BCUT2D eigenvalue weighted by Crippen LogP contribution is -2.59. The van der Waals surface area contributed by atoms with Crippen LogP contribution in [0.5, 0.6) is 0 Å². The molecule has 4 aliphatic rings. The minimum absolute atomic E-state index is 0.00141. The highest BCUT2D eigenvalue weighted by molar-refractivity contribution is 5.96. The fraction of sp³-hybridized carbons (Fsp3) is 0.569. The third-order valence-electron chi connectivity index (χ3n) is 14.2. The van der Waals surface area contributed by atoms with Gasteiger partial charge in [-0.15, -0.1) is 5.10 Å². The molecule has 3 aromatic rings. The van der Waals surface area contributed by atoms with Crippen LogP contribution < -0.4 is 42.5 Å². The second-order valence-corrected chi connectivity index (χ2v) is 20.5. The van der Waals surface area contributed by atoms with Crippen LogP contribution in [0.4, 0.5) is 0 Å². The molecule has 5 heterocycles. The Morgan fingerprint density at radius 2 is 1.21 bits per heavy atom. The SMILES string of the molecule is CNCC(=O)NC(C(=O)N1CC2CC1C(=O)NC(Cc1ccccc1)C(=O)NCc1cn(nn1)C1CC(C(=O)NC(Cc3ccccc3)C(=O)NCC3CN2N=N3)N(C(=O)C(NC(=O)C(C)NC)C(C)C)C1)C(C)C. The van der Waals surface area contributed by atoms with E-state index in [0.29, 0.717) is 5.69 Å².